The Balaban J connectivity index is 1.71. The molecule has 0 aliphatic heterocycles. The lowest BCUT2D eigenvalue weighted by atomic mass is 10.1. The fourth-order valence-corrected chi connectivity index (χ4v) is 3.47. The van der Waals surface area contributed by atoms with Crippen molar-refractivity contribution in [3.63, 3.8) is 0 Å². The van der Waals surface area contributed by atoms with E-state index in [-0.39, 0.29) is 34.6 Å². The number of nitrogens with one attached hydrogen (secondary N) is 3. The number of rotatable bonds is 7. The summed E-state index contributed by atoms with van der Waals surface area (Å²) in [4.78, 5) is 39.1. The number of aromatic nitrogens is 3. The number of anilines is 2. The third-order valence-corrected chi connectivity index (χ3v) is 5.38. The minimum atomic E-state index is -4.52. The van der Waals surface area contributed by atoms with Crippen LogP contribution in [0.2, 0.25) is 0 Å². The number of hydrogen-bond acceptors (Lipinski definition) is 6. The Labute approximate surface area is 196 Å². The SMILES string of the molecule is CCC(=O)Nc1ccc(C)cc1-c1nnc(SCC(=O)Nc2cccc(C(F)(F)F)c2)[nH]c1=O. The van der Waals surface area contributed by atoms with Gasteiger partial charge in [-0.3, -0.25) is 19.4 Å². The number of aryl methyl sites for hydroxylation is 1. The normalized spacial score (nSPS) is 11.2. The number of amides is 2. The Morgan fingerprint density at radius 1 is 1.06 bits per heavy atom. The monoisotopic (exact) mass is 491 g/mol. The Bertz CT molecular complexity index is 1280. The maximum atomic E-state index is 12.8. The summed E-state index contributed by atoms with van der Waals surface area (Å²) in [7, 11) is 0. The van der Waals surface area contributed by atoms with Gasteiger partial charge in [-0.05, 0) is 37.3 Å². The zero-order valence-electron chi connectivity index (χ0n) is 18.1. The molecule has 2 amide bonds. The number of alkyl halides is 3. The van der Waals surface area contributed by atoms with Crippen molar-refractivity contribution in [1.29, 1.82) is 0 Å². The van der Waals surface area contributed by atoms with Crippen molar-refractivity contribution < 1.29 is 22.8 Å². The van der Waals surface area contributed by atoms with Crippen LogP contribution >= 0.6 is 11.8 Å². The lowest BCUT2D eigenvalue weighted by Crippen LogP contribution is -2.18. The van der Waals surface area contributed by atoms with E-state index in [1.54, 1.807) is 25.1 Å². The van der Waals surface area contributed by atoms with Crippen LogP contribution in [0.25, 0.3) is 11.3 Å². The average Bonchev–Trinajstić information content (AvgIpc) is 2.78. The van der Waals surface area contributed by atoms with Gasteiger partial charge in [0.05, 0.1) is 17.0 Å². The molecule has 0 bridgehead atoms. The van der Waals surface area contributed by atoms with E-state index in [0.29, 0.717) is 11.3 Å². The van der Waals surface area contributed by atoms with E-state index >= 15 is 0 Å². The lowest BCUT2D eigenvalue weighted by Gasteiger charge is -2.11. The number of aromatic amines is 1. The van der Waals surface area contributed by atoms with Gasteiger partial charge in [0, 0.05) is 17.7 Å². The summed E-state index contributed by atoms with van der Waals surface area (Å²) < 4.78 is 38.4. The highest BCUT2D eigenvalue weighted by Gasteiger charge is 2.30. The molecule has 1 aromatic heterocycles. The van der Waals surface area contributed by atoms with Crippen LogP contribution in [-0.2, 0) is 15.8 Å². The Morgan fingerprint density at radius 2 is 1.82 bits per heavy atom. The molecule has 0 saturated carbocycles. The summed E-state index contributed by atoms with van der Waals surface area (Å²) in [6.07, 6.45) is -4.27. The number of carbonyl (C=O) groups excluding carboxylic acids is 2. The van der Waals surface area contributed by atoms with Crippen LogP contribution in [0.3, 0.4) is 0 Å². The first-order valence-electron chi connectivity index (χ1n) is 10.0. The number of thioether (sulfide) groups is 1. The van der Waals surface area contributed by atoms with Gasteiger partial charge in [-0.2, -0.15) is 13.2 Å². The quantitative estimate of drug-likeness (QED) is 0.426. The van der Waals surface area contributed by atoms with E-state index in [4.69, 9.17) is 0 Å². The molecule has 0 aliphatic rings. The van der Waals surface area contributed by atoms with Gasteiger partial charge in [0.15, 0.2) is 10.9 Å². The molecule has 3 N–H and O–H groups in total. The second-order valence-electron chi connectivity index (χ2n) is 7.17. The third kappa shape index (κ3) is 6.44. The van der Waals surface area contributed by atoms with Crippen LogP contribution in [-0.4, -0.2) is 32.7 Å². The second kappa shape index (κ2) is 10.5. The number of halogens is 3. The van der Waals surface area contributed by atoms with Crippen molar-refractivity contribution >= 4 is 35.0 Å². The lowest BCUT2D eigenvalue weighted by molar-refractivity contribution is -0.137. The third-order valence-electron chi connectivity index (χ3n) is 4.52. The molecule has 0 aliphatic carbocycles. The molecule has 0 spiro atoms. The van der Waals surface area contributed by atoms with Crippen molar-refractivity contribution in [2.24, 2.45) is 0 Å². The highest BCUT2D eigenvalue weighted by atomic mass is 32.2. The van der Waals surface area contributed by atoms with Crippen LogP contribution in [0.1, 0.15) is 24.5 Å². The Kier molecular flexibility index (Phi) is 7.72. The molecule has 0 unspecified atom stereocenters. The Hall–Kier alpha value is -3.67. The molecule has 3 aromatic rings. The smallest absolute Gasteiger partial charge is 0.325 e. The van der Waals surface area contributed by atoms with Gasteiger partial charge in [-0.25, -0.2) is 0 Å². The average molecular weight is 491 g/mol. The summed E-state index contributed by atoms with van der Waals surface area (Å²) in [5.74, 6) is -1.03. The summed E-state index contributed by atoms with van der Waals surface area (Å²) in [5.41, 5.74) is 0.190. The second-order valence-corrected chi connectivity index (χ2v) is 8.14. The van der Waals surface area contributed by atoms with E-state index < -0.39 is 23.2 Å². The number of benzene rings is 2. The number of H-pyrrole nitrogens is 1. The molecule has 0 atom stereocenters. The molecule has 1 heterocycles. The van der Waals surface area contributed by atoms with Crippen molar-refractivity contribution in [2.45, 2.75) is 31.6 Å². The van der Waals surface area contributed by atoms with Gasteiger partial charge in [-0.15, -0.1) is 10.2 Å². The number of nitrogens with zero attached hydrogens (tertiary/aromatic N) is 2. The van der Waals surface area contributed by atoms with Crippen molar-refractivity contribution in [3.8, 4) is 11.3 Å². The van der Waals surface area contributed by atoms with Crippen LogP contribution < -0.4 is 16.2 Å². The number of carbonyl (C=O) groups is 2. The molecule has 0 radical (unpaired) electrons. The zero-order valence-corrected chi connectivity index (χ0v) is 18.9. The first-order chi connectivity index (χ1) is 16.1. The van der Waals surface area contributed by atoms with Gasteiger partial charge in [0.2, 0.25) is 11.8 Å². The van der Waals surface area contributed by atoms with Gasteiger partial charge in [0.1, 0.15) is 0 Å². The van der Waals surface area contributed by atoms with E-state index in [1.165, 1.54) is 12.1 Å². The van der Waals surface area contributed by atoms with E-state index in [0.717, 1.165) is 29.5 Å². The van der Waals surface area contributed by atoms with Crippen molar-refractivity contribution in [1.82, 2.24) is 15.2 Å². The van der Waals surface area contributed by atoms with E-state index in [9.17, 15) is 27.6 Å². The highest BCUT2D eigenvalue weighted by molar-refractivity contribution is 7.99. The molecule has 12 heteroatoms. The molecular formula is C22H20F3N5O3S. The first-order valence-corrected chi connectivity index (χ1v) is 11.0. The first kappa shape index (κ1) is 25.0. The molecule has 8 nitrogen and oxygen atoms in total. The fraction of sp³-hybridized carbons (Fsp3) is 0.227. The van der Waals surface area contributed by atoms with E-state index in [2.05, 4.69) is 25.8 Å². The molecule has 2 aromatic carbocycles. The van der Waals surface area contributed by atoms with Crippen molar-refractivity contribution in [2.75, 3.05) is 16.4 Å². The largest absolute Gasteiger partial charge is 0.416 e. The molecular weight excluding hydrogens is 471 g/mol. The van der Waals surface area contributed by atoms with E-state index in [1.807, 2.05) is 6.92 Å². The molecule has 34 heavy (non-hydrogen) atoms. The summed E-state index contributed by atoms with van der Waals surface area (Å²) in [5, 5.41) is 13.0. The minimum Gasteiger partial charge on any atom is -0.325 e. The van der Waals surface area contributed by atoms with Crippen LogP contribution in [0.4, 0.5) is 24.5 Å². The minimum absolute atomic E-state index is 0.00328. The molecule has 178 valence electrons. The topological polar surface area (TPSA) is 117 Å². The van der Waals surface area contributed by atoms with Gasteiger partial charge in [0.25, 0.3) is 5.56 Å². The summed E-state index contributed by atoms with van der Waals surface area (Å²) >= 11 is 0.864. The number of hydrogen-bond donors (Lipinski definition) is 3. The van der Waals surface area contributed by atoms with Crippen molar-refractivity contribution in [3.05, 3.63) is 63.9 Å². The van der Waals surface area contributed by atoms with Crippen LogP contribution in [0, 0.1) is 6.92 Å². The van der Waals surface area contributed by atoms with Gasteiger partial charge in [-0.1, -0.05) is 36.4 Å². The summed E-state index contributed by atoms with van der Waals surface area (Å²) in [6, 6.07) is 9.40. The van der Waals surface area contributed by atoms with Crippen LogP contribution in [0.15, 0.2) is 52.4 Å². The highest BCUT2D eigenvalue weighted by Crippen LogP contribution is 2.31. The van der Waals surface area contributed by atoms with Gasteiger partial charge < -0.3 is 10.6 Å². The maximum Gasteiger partial charge on any atom is 0.416 e. The van der Waals surface area contributed by atoms with Crippen LogP contribution in [0.5, 0.6) is 0 Å². The predicted octanol–water partition coefficient (Wildman–Crippen LogP) is 4.24. The Morgan fingerprint density at radius 3 is 2.50 bits per heavy atom. The molecule has 3 rings (SSSR count). The maximum absolute atomic E-state index is 12.8. The standard InChI is InChI=1S/C22H20F3N5O3S/c1-3-17(31)27-16-8-7-12(2)9-15(16)19-20(33)28-21(30-29-19)34-11-18(32)26-14-6-4-5-13(10-14)22(23,24)25/h4-10H,3,11H2,1-2H3,(H,26,32)(H,27,31)(H,28,30,33). The van der Waals surface area contributed by atoms with Gasteiger partial charge >= 0.3 is 6.18 Å². The summed E-state index contributed by atoms with van der Waals surface area (Å²) in [6.45, 7) is 3.52. The predicted molar refractivity (Wildman–Crippen MR) is 123 cm³/mol. The molecule has 0 fully saturated rings. The zero-order chi connectivity index (χ0) is 24.9. The molecule has 0 saturated heterocycles. The fourth-order valence-electron chi connectivity index (χ4n) is 2.87.